The van der Waals surface area contributed by atoms with Gasteiger partial charge in [0.2, 0.25) is 11.9 Å². The van der Waals surface area contributed by atoms with Crippen LogP contribution in [0.15, 0.2) is 0 Å². The molecule has 1 aliphatic rings. The number of aromatic nitrogens is 3. The standard InChI is InChI=1S/C10H17N5O2/c1-11-8-12-9(14-10(13-8)17-2)15-5-3-4-7(15)6-16/h7,16H,3-6H2,1-2H3,(H,11,12,13,14). The molecule has 2 N–H and O–H groups in total. The van der Waals surface area contributed by atoms with Gasteiger partial charge in [-0.05, 0) is 12.8 Å². The van der Waals surface area contributed by atoms with Crippen LogP contribution in [0.4, 0.5) is 11.9 Å². The summed E-state index contributed by atoms with van der Waals surface area (Å²) in [6.07, 6.45) is 1.99. The summed E-state index contributed by atoms with van der Waals surface area (Å²) in [5, 5.41) is 12.2. The minimum atomic E-state index is 0.0896. The first kappa shape index (κ1) is 11.8. The van der Waals surface area contributed by atoms with Crippen LogP contribution >= 0.6 is 0 Å². The smallest absolute Gasteiger partial charge is 0.322 e. The fourth-order valence-electron chi connectivity index (χ4n) is 1.97. The molecule has 0 aliphatic carbocycles. The van der Waals surface area contributed by atoms with E-state index in [1.54, 1.807) is 7.05 Å². The number of hydrogen-bond acceptors (Lipinski definition) is 7. The Labute approximate surface area is 99.9 Å². The van der Waals surface area contributed by atoms with Crippen LogP contribution < -0.4 is 15.0 Å². The lowest BCUT2D eigenvalue weighted by Crippen LogP contribution is -2.33. The molecule has 1 fully saturated rings. The summed E-state index contributed by atoms with van der Waals surface area (Å²) in [7, 11) is 3.26. The van der Waals surface area contributed by atoms with Crippen molar-refractivity contribution in [3.8, 4) is 6.01 Å². The molecule has 0 amide bonds. The lowest BCUT2D eigenvalue weighted by Gasteiger charge is -2.23. The summed E-state index contributed by atoms with van der Waals surface area (Å²) < 4.78 is 5.03. The molecule has 94 valence electrons. The molecule has 2 heterocycles. The minimum absolute atomic E-state index is 0.0896. The van der Waals surface area contributed by atoms with Crippen LogP contribution in [0.3, 0.4) is 0 Å². The van der Waals surface area contributed by atoms with Gasteiger partial charge in [-0.25, -0.2) is 0 Å². The predicted octanol–water partition coefficient (Wildman–Crippen LogP) is -0.117. The highest BCUT2D eigenvalue weighted by molar-refractivity contribution is 5.40. The molecular weight excluding hydrogens is 222 g/mol. The second-order valence-electron chi connectivity index (χ2n) is 3.87. The molecule has 1 aromatic rings. The van der Waals surface area contributed by atoms with Gasteiger partial charge < -0.3 is 20.1 Å². The average molecular weight is 239 g/mol. The van der Waals surface area contributed by atoms with E-state index < -0.39 is 0 Å². The second kappa shape index (κ2) is 5.13. The van der Waals surface area contributed by atoms with Gasteiger partial charge >= 0.3 is 6.01 Å². The van der Waals surface area contributed by atoms with Crippen molar-refractivity contribution < 1.29 is 9.84 Å². The summed E-state index contributed by atoms with van der Waals surface area (Å²) in [6.45, 7) is 0.963. The number of hydrogen-bond donors (Lipinski definition) is 2. The highest BCUT2D eigenvalue weighted by Crippen LogP contribution is 2.23. The van der Waals surface area contributed by atoms with Crippen molar-refractivity contribution in [2.24, 2.45) is 0 Å². The molecule has 1 aliphatic heterocycles. The SMILES string of the molecule is CNc1nc(OC)nc(N2CCCC2CO)n1. The van der Waals surface area contributed by atoms with Crippen LogP contribution in [-0.4, -0.2) is 53.4 Å². The Kier molecular flexibility index (Phi) is 3.58. The van der Waals surface area contributed by atoms with Crippen LogP contribution in [0.5, 0.6) is 6.01 Å². The molecular formula is C10H17N5O2. The summed E-state index contributed by atoms with van der Waals surface area (Å²) >= 11 is 0. The predicted molar refractivity (Wildman–Crippen MR) is 63.4 cm³/mol. The molecule has 1 saturated heterocycles. The van der Waals surface area contributed by atoms with E-state index in [9.17, 15) is 5.11 Å². The lowest BCUT2D eigenvalue weighted by atomic mass is 10.2. The third-order valence-electron chi connectivity index (χ3n) is 2.85. The Morgan fingerprint density at radius 3 is 2.94 bits per heavy atom. The Balaban J connectivity index is 2.30. The van der Waals surface area contributed by atoms with E-state index in [0.29, 0.717) is 11.9 Å². The van der Waals surface area contributed by atoms with Gasteiger partial charge in [0.05, 0.1) is 19.8 Å². The summed E-state index contributed by atoms with van der Waals surface area (Å²) in [5.74, 6) is 1.02. The van der Waals surface area contributed by atoms with E-state index in [1.807, 2.05) is 4.90 Å². The van der Waals surface area contributed by atoms with Crippen LogP contribution in [-0.2, 0) is 0 Å². The Bertz CT molecular complexity index is 365. The van der Waals surface area contributed by atoms with Gasteiger partial charge in [-0.2, -0.15) is 15.0 Å². The fraction of sp³-hybridized carbons (Fsp3) is 0.700. The molecule has 17 heavy (non-hydrogen) atoms. The van der Waals surface area contributed by atoms with Crippen molar-refractivity contribution in [2.75, 3.05) is 37.5 Å². The van der Waals surface area contributed by atoms with E-state index >= 15 is 0 Å². The topological polar surface area (TPSA) is 83.4 Å². The lowest BCUT2D eigenvalue weighted by molar-refractivity contribution is 0.265. The van der Waals surface area contributed by atoms with Crippen molar-refractivity contribution in [3.63, 3.8) is 0 Å². The first-order valence-corrected chi connectivity index (χ1v) is 5.63. The van der Waals surface area contributed by atoms with Crippen molar-refractivity contribution in [1.29, 1.82) is 0 Å². The fourth-order valence-corrected chi connectivity index (χ4v) is 1.97. The van der Waals surface area contributed by atoms with Crippen LogP contribution in [0.1, 0.15) is 12.8 Å². The number of nitrogens with zero attached hydrogens (tertiary/aromatic N) is 4. The Morgan fingerprint density at radius 2 is 2.29 bits per heavy atom. The van der Waals surface area contributed by atoms with Crippen molar-refractivity contribution in [2.45, 2.75) is 18.9 Å². The zero-order chi connectivity index (χ0) is 12.3. The van der Waals surface area contributed by atoms with Crippen molar-refractivity contribution >= 4 is 11.9 Å². The molecule has 0 saturated carbocycles. The summed E-state index contributed by atoms with van der Waals surface area (Å²) in [4.78, 5) is 14.5. The highest BCUT2D eigenvalue weighted by Gasteiger charge is 2.26. The second-order valence-corrected chi connectivity index (χ2v) is 3.87. The number of methoxy groups -OCH3 is 1. The molecule has 0 aromatic carbocycles. The Morgan fingerprint density at radius 1 is 1.47 bits per heavy atom. The zero-order valence-corrected chi connectivity index (χ0v) is 10.1. The molecule has 1 unspecified atom stereocenters. The quantitative estimate of drug-likeness (QED) is 0.758. The van der Waals surface area contributed by atoms with Gasteiger partial charge in [0.1, 0.15) is 0 Å². The maximum atomic E-state index is 9.29. The Hall–Kier alpha value is -1.63. The van der Waals surface area contributed by atoms with E-state index in [0.717, 1.165) is 19.4 Å². The zero-order valence-electron chi connectivity index (χ0n) is 10.1. The largest absolute Gasteiger partial charge is 0.467 e. The first-order valence-electron chi connectivity index (χ1n) is 5.63. The highest BCUT2D eigenvalue weighted by atomic mass is 16.5. The van der Waals surface area contributed by atoms with Crippen LogP contribution in [0, 0.1) is 0 Å². The molecule has 2 rings (SSSR count). The molecule has 1 aromatic heterocycles. The van der Waals surface area contributed by atoms with E-state index in [2.05, 4.69) is 20.3 Å². The average Bonchev–Trinajstić information content (AvgIpc) is 2.86. The molecule has 1 atom stereocenters. The van der Waals surface area contributed by atoms with E-state index in [-0.39, 0.29) is 18.7 Å². The molecule has 0 bridgehead atoms. The number of rotatable bonds is 4. The molecule has 0 radical (unpaired) electrons. The normalized spacial score (nSPS) is 19.5. The number of anilines is 2. The van der Waals surface area contributed by atoms with Gasteiger partial charge in [-0.3, -0.25) is 0 Å². The van der Waals surface area contributed by atoms with Gasteiger partial charge in [0.25, 0.3) is 0 Å². The van der Waals surface area contributed by atoms with Crippen LogP contribution in [0.25, 0.3) is 0 Å². The number of aliphatic hydroxyl groups is 1. The third kappa shape index (κ3) is 2.38. The van der Waals surface area contributed by atoms with Gasteiger partial charge in [0.15, 0.2) is 0 Å². The van der Waals surface area contributed by atoms with Crippen molar-refractivity contribution in [3.05, 3.63) is 0 Å². The molecule has 0 spiro atoms. The molecule has 7 heteroatoms. The van der Waals surface area contributed by atoms with Crippen LogP contribution in [0.2, 0.25) is 0 Å². The summed E-state index contributed by atoms with van der Waals surface area (Å²) in [6, 6.07) is 0.370. The number of aliphatic hydroxyl groups excluding tert-OH is 1. The monoisotopic (exact) mass is 239 g/mol. The van der Waals surface area contributed by atoms with E-state index in [1.165, 1.54) is 7.11 Å². The third-order valence-corrected chi connectivity index (χ3v) is 2.85. The van der Waals surface area contributed by atoms with Crippen molar-refractivity contribution in [1.82, 2.24) is 15.0 Å². The number of ether oxygens (including phenoxy) is 1. The van der Waals surface area contributed by atoms with E-state index in [4.69, 9.17) is 4.74 Å². The molecule has 7 nitrogen and oxygen atoms in total. The van der Waals surface area contributed by atoms with Gasteiger partial charge in [-0.15, -0.1) is 0 Å². The minimum Gasteiger partial charge on any atom is -0.467 e. The maximum Gasteiger partial charge on any atom is 0.322 e. The maximum absolute atomic E-state index is 9.29. The summed E-state index contributed by atoms with van der Waals surface area (Å²) in [5.41, 5.74) is 0. The first-order chi connectivity index (χ1) is 8.28. The number of nitrogens with one attached hydrogen (secondary N) is 1. The van der Waals surface area contributed by atoms with Gasteiger partial charge in [0, 0.05) is 13.6 Å². The van der Waals surface area contributed by atoms with Gasteiger partial charge in [-0.1, -0.05) is 0 Å².